The van der Waals surface area contributed by atoms with Gasteiger partial charge in [0, 0.05) is 21.5 Å². The summed E-state index contributed by atoms with van der Waals surface area (Å²) in [4.78, 5) is 4.59. The molecule has 0 radical (unpaired) electrons. The van der Waals surface area contributed by atoms with Crippen LogP contribution in [0, 0.1) is 0 Å². The third kappa shape index (κ3) is 4.42. The van der Waals surface area contributed by atoms with Crippen LogP contribution in [0.2, 0.25) is 10.0 Å². The predicted octanol–water partition coefficient (Wildman–Crippen LogP) is 7.23. The van der Waals surface area contributed by atoms with Crippen LogP contribution in [-0.2, 0) is 0 Å². The van der Waals surface area contributed by atoms with Crippen molar-refractivity contribution in [2.75, 3.05) is 5.43 Å². The fraction of sp³-hybridized carbons (Fsp3) is 0. The molecule has 0 amide bonds. The van der Waals surface area contributed by atoms with Gasteiger partial charge in [-0.25, -0.2) is 4.98 Å². The molecule has 1 aromatic heterocycles. The second kappa shape index (κ2) is 8.57. The summed E-state index contributed by atoms with van der Waals surface area (Å²) in [6.45, 7) is 0. The molecule has 3 aromatic carbocycles. The van der Waals surface area contributed by atoms with Crippen LogP contribution in [0.3, 0.4) is 0 Å². The zero-order valence-electron chi connectivity index (χ0n) is 14.6. The summed E-state index contributed by atoms with van der Waals surface area (Å²) in [6, 6.07) is 24.0. The Hall–Kier alpha value is -2.66. The summed E-state index contributed by atoms with van der Waals surface area (Å²) in [6.07, 6.45) is 1.65. The van der Waals surface area contributed by atoms with E-state index in [2.05, 4.69) is 51.9 Å². The zero-order chi connectivity index (χ0) is 19.3. The number of nitrogens with zero attached hydrogens (tertiary/aromatic N) is 2. The Morgan fingerprint density at radius 3 is 2.32 bits per heavy atom. The van der Waals surface area contributed by atoms with Crippen molar-refractivity contribution < 1.29 is 0 Å². The molecular weight excluding hydrogens is 409 g/mol. The molecule has 0 saturated carbocycles. The summed E-state index contributed by atoms with van der Waals surface area (Å²) in [5, 5.41) is 8.07. The molecule has 0 atom stereocenters. The Morgan fingerprint density at radius 2 is 1.57 bits per heavy atom. The van der Waals surface area contributed by atoms with E-state index in [1.54, 1.807) is 18.3 Å². The number of aromatic nitrogens is 1. The van der Waals surface area contributed by atoms with Crippen LogP contribution >= 0.6 is 34.5 Å². The van der Waals surface area contributed by atoms with E-state index in [-0.39, 0.29) is 0 Å². The molecular formula is C22H15Cl2N3S. The molecule has 28 heavy (non-hydrogen) atoms. The highest BCUT2D eigenvalue weighted by molar-refractivity contribution is 7.14. The molecule has 0 aliphatic carbocycles. The second-order valence-corrected chi connectivity index (χ2v) is 7.72. The van der Waals surface area contributed by atoms with Gasteiger partial charge in [0.05, 0.1) is 16.9 Å². The Bertz CT molecular complexity index is 1110. The van der Waals surface area contributed by atoms with Crippen molar-refractivity contribution in [3.05, 3.63) is 93.8 Å². The highest BCUT2D eigenvalue weighted by Crippen LogP contribution is 2.27. The number of halogens is 2. The lowest BCUT2D eigenvalue weighted by Crippen LogP contribution is -1.91. The summed E-state index contributed by atoms with van der Waals surface area (Å²) in [5.41, 5.74) is 8.09. The standard InChI is InChI=1S/C22H15Cl2N3S/c23-19-11-10-18(20(24)12-19)13-25-27-22-26-21(14-28-22)17-8-6-16(7-9-17)15-4-2-1-3-5-15/h1-14H,(H,26,27)/b25-13-. The SMILES string of the molecule is Clc1ccc(/C=N\Nc2nc(-c3ccc(-c4ccccc4)cc3)cs2)c(Cl)c1. The van der Waals surface area contributed by atoms with Crippen LogP contribution in [0.15, 0.2) is 83.3 Å². The summed E-state index contributed by atoms with van der Waals surface area (Å²) < 4.78 is 0. The fourth-order valence-electron chi connectivity index (χ4n) is 2.68. The molecule has 0 bridgehead atoms. The number of hydrogen-bond acceptors (Lipinski definition) is 4. The Balaban J connectivity index is 1.45. The van der Waals surface area contributed by atoms with Crippen molar-refractivity contribution in [1.82, 2.24) is 4.98 Å². The molecule has 0 aliphatic rings. The van der Waals surface area contributed by atoms with Gasteiger partial charge < -0.3 is 0 Å². The normalized spacial score (nSPS) is 11.1. The minimum atomic E-state index is 0.552. The number of anilines is 1. The Kier molecular flexibility index (Phi) is 5.72. The average molecular weight is 424 g/mol. The van der Waals surface area contributed by atoms with Gasteiger partial charge in [0.15, 0.2) is 0 Å². The first-order valence-corrected chi connectivity index (χ1v) is 10.2. The lowest BCUT2D eigenvalue weighted by molar-refractivity contribution is 1.29. The average Bonchev–Trinajstić information content (AvgIpc) is 3.19. The highest BCUT2D eigenvalue weighted by atomic mass is 35.5. The highest BCUT2D eigenvalue weighted by Gasteiger charge is 2.05. The largest absolute Gasteiger partial charge is 0.253 e. The van der Waals surface area contributed by atoms with Gasteiger partial charge in [0.25, 0.3) is 0 Å². The van der Waals surface area contributed by atoms with Gasteiger partial charge in [-0.15, -0.1) is 11.3 Å². The Labute approximate surface area is 177 Å². The maximum atomic E-state index is 6.14. The lowest BCUT2D eigenvalue weighted by Gasteiger charge is -2.02. The minimum absolute atomic E-state index is 0.552. The molecule has 4 aromatic rings. The van der Waals surface area contributed by atoms with E-state index in [1.807, 2.05) is 29.6 Å². The van der Waals surface area contributed by atoms with Gasteiger partial charge in [-0.1, -0.05) is 83.9 Å². The van der Waals surface area contributed by atoms with Crippen molar-refractivity contribution in [2.45, 2.75) is 0 Å². The van der Waals surface area contributed by atoms with Gasteiger partial charge in [-0.2, -0.15) is 5.10 Å². The van der Waals surface area contributed by atoms with Crippen molar-refractivity contribution >= 4 is 45.9 Å². The summed E-state index contributed by atoms with van der Waals surface area (Å²) in [5.74, 6) is 0. The van der Waals surface area contributed by atoms with E-state index < -0.39 is 0 Å². The topological polar surface area (TPSA) is 37.3 Å². The van der Waals surface area contributed by atoms with Crippen molar-refractivity contribution in [2.24, 2.45) is 5.10 Å². The minimum Gasteiger partial charge on any atom is -0.253 e. The van der Waals surface area contributed by atoms with Gasteiger partial charge in [-0.05, 0) is 23.3 Å². The third-order valence-electron chi connectivity index (χ3n) is 4.12. The van der Waals surface area contributed by atoms with Gasteiger partial charge in [-0.3, -0.25) is 5.43 Å². The smallest absolute Gasteiger partial charge is 0.203 e. The first-order valence-electron chi connectivity index (χ1n) is 8.54. The third-order valence-corrected chi connectivity index (χ3v) is 5.43. The zero-order valence-corrected chi connectivity index (χ0v) is 17.0. The van der Waals surface area contributed by atoms with Crippen molar-refractivity contribution in [3.8, 4) is 22.4 Å². The van der Waals surface area contributed by atoms with E-state index >= 15 is 0 Å². The second-order valence-electron chi connectivity index (χ2n) is 6.02. The van der Waals surface area contributed by atoms with E-state index in [0.717, 1.165) is 16.8 Å². The van der Waals surface area contributed by atoms with Crippen LogP contribution in [0.25, 0.3) is 22.4 Å². The van der Waals surface area contributed by atoms with E-state index in [9.17, 15) is 0 Å². The lowest BCUT2D eigenvalue weighted by atomic mass is 10.0. The molecule has 0 saturated heterocycles. The predicted molar refractivity (Wildman–Crippen MR) is 121 cm³/mol. The quantitative estimate of drug-likeness (QED) is 0.271. The fourth-order valence-corrected chi connectivity index (χ4v) is 3.81. The maximum absolute atomic E-state index is 6.14. The maximum Gasteiger partial charge on any atom is 0.203 e. The van der Waals surface area contributed by atoms with Crippen LogP contribution < -0.4 is 5.43 Å². The molecule has 4 rings (SSSR count). The first kappa shape index (κ1) is 18.7. The first-order chi connectivity index (χ1) is 13.7. The Morgan fingerprint density at radius 1 is 0.857 bits per heavy atom. The number of benzene rings is 3. The van der Waals surface area contributed by atoms with Gasteiger partial charge in [0.1, 0.15) is 0 Å². The molecule has 138 valence electrons. The molecule has 1 heterocycles. The van der Waals surface area contributed by atoms with Crippen molar-refractivity contribution in [3.63, 3.8) is 0 Å². The number of rotatable bonds is 5. The van der Waals surface area contributed by atoms with Crippen LogP contribution in [0.4, 0.5) is 5.13 Å². The molecule has 6 heteroatoms. The molecule has 0 fully saturated rings. The summed E-state index contributed by atoms with van der Waals surface area (Å²) in [7, 11) is 0. The van der Waals surface area contributed by atoms with Gasteiger partial charge >= 0.3 is 0 Å². The number of thiazole rings is 1. The summed E-state index contributed by atoms with van der Waals surface area (Å²) >= 11 is 13.5. The van der Waals surface area contributed by atoms with E-state index in [4.69, 9.17) is 23.2 Å². The molecule has 1 N–H and O–H groups in total. The molecule has 0 unspecified atom stereocenters. The molecule has 0 spiro atoms. The number of hydrazone groups is 1. The van der Waals surface area contributed by atoms with E-state index in [0.29, 0.717) is 15.2 Å². The van der Waals surface area contributed by atoms with Crippen LogP contribution in [0.5, 0.6) is 0 Å². The van der Waals surface area contributed by atoms with E-state index in [1.165, 1.54) is 22.5 Å². The monoisotopic (exact) mass is 423 g/mol. The number of hydrogen-bond donors (Lipinski definition) is 1. The number of nitrogens with one attached hydrogen (secondary N) is 1. The van der Waals surface area contributed by atoms with Crippen molar-refractivity contribution in [1.29, 1.82) is 0 Å². The van der Waals surface area contributed by atoms with Gasteiger partial charge in [0.2, 0.25) is 5.13 Å². The molecule has 3 nitrogen and oxygen atoms in total. The van der Waals surface area contributed by atoms with Crippen LogP contribution in [-0.4, -0.2) is 11.2 Å². The van der Waals surface area contributed by atoms with Crippen LogP contribution in [0.1, 0.15) is 5.56 Å². The molecule has 0 aliphatic heterocycles.